The van der Waals surface area contributed by atoms with Gasteiger partial charge in [0.2, 0.25) is 0 Å². The molecule has 0 aliphatic heterocycles. The van der Waals surface area contributed by atoms with Crippen molar-refractivity contribution in [3.8, 4) is 0 Å². The van der Waals surface area contributed by atoms with Crippen LogP contribution in [0, 0.1) is 0 Å². The molecule has 0 aliphatic carbocycles. The van der Waals surface area contributed by atoms with Crippen molar-refractivity contribution in [1.29, 1.82) is 0 Å². The van der Waals surface area contributed by atoms with E-state index in [1.807, 2.05) is 0 Å². The third-order valence-electron chi connectivity index (χ3n) is 11.4. The van der Waals surface area contributed by atoms with Crippen LogP contribution in [0.15, 0.2) is 85.1 Å². The first-order valence-corrected chi connectivity index (χ1v) is 27.1. The highest BCUT2D eigenvalue weighted by molar-refractivity contribution is 5.71. The maximum absolute atomic E-state index is 12.8. The number of carbonyl (C=O) groups is 3. The molecule has 0 spiro atoms. The van der Waals surface area contributed by atoms with Gasteiger partial charge in [0.25, 0.3) is 0 Å². The second-order valence-corrected chi connectivity index (χ2v) is 17.8. The molecule has 0 rings (SSSR count). The number of carbonyl (C=O) groups excluding carboxylic acids is 3. The Balaban J connectivity index is 4.46. The number of allylic oxidation sites excluding steroid dienone is 14. The van der Waals surface area contributed by atoms with Crippen LogP contribution in [-0.4, -0.2) is 37.2 Å². The van der Waals surface area contributed by atoms with Gasteiger partial charge in [-0.15, -0.1) is 0 Å². The van der Waals surface area contributed by atoms with E-state index in [-0.39, 0.29) is 31.1 Å². The minimum atomic E-state index is -0.796. The van der Waals surface area contributed by atoms with E-state index in [1.54, 1.807) is 0 Å². The maximum atomic E-state index is 12.8. The number of rotatable bonds is 48. The van der Waals surface area contributed by atoms with Crippen LogP contribution in [0.3, 0.4) is 0 Å². The Labute approximate surface area is 401 Å². The summed E-state index contributed by atoms with van der Waals surface area (Å²) in [6, 6.07) is 0. The van der Waals surface area contributed by atoms with E-state index < -0.39 is 6.10 Å². The predicted molar refractivity (Wildman–Crippen MR) is 279 cm³/mol. The van der Waals surface area contributed by atoms with Crippen molar-refractivity contribution in [2.75, 3.05) is 13.2 Å². The van der Waals surface area contributed by atoms with Gasteiger partial charge >= 0.3 is 17.9 Å². The molecule has 1 atom stereocenters. The van der Waals surface area contributed by atoms with Crippen LogP contribution >= 0.6 is 0 Å². The zero-order valence-corrected chi connectivity index (χ0v) is 42.5. The van der Waals surface area contributed by atoms with Gasteiger partial charge in [-0.2, -0.15) is 0 Å². The van der Waals surface area contributed by atoms with Gasteiger partial charge in [0.15, 0.2) is 6.10 Å². The second kappa shape index (κ2) is 53.2. The maximum Gasteiger partial charge on any atom is 0.306 e. The fourth-order valence-corrected chi connectivity index (χ4v) is 7.32. The summed E-state index contributed by atoms with van der Waals surface area (Å²) >= 11 is 0. The van der Waals surface area contributed by atoms with Crippen molar-refractivity contribution >= 4 is 17.9 Å². The molecule has 0 aromatic heterocycles. The van der Waals surface area contributed by atoms with Gasteiger partial charge in [-0.05, 0) is 96.3 Å². The SMILES string of the molecule is CC/C=C\C/C=C\C/C=C\C/C=C\C/C=C\CCCCCC(=O)OCC(COC(=O)CCCCCCCCCCCCCCC)OC(=O)CCCCCCC/C=C\C/C=C\CCCCC. The van der Waals surface area contributed by atoms with Crippen molar-refractivity contribution in [3.63, 3.8) is 0 Å². The molecule has 0 radical (unpaired) electrons. The van der Waals surface area contributed by atoms with Gasteiger partial charge in [-0.1, -0.05) is 221 Å². The normalized spacial score (nSPS) is 12.7. The highest BCUT2D eigenvalue weighted by Gasteiger charge is 2.19. The lowest BCUT2D eigenvalue weighted by Gasteiger charge is -2.18. The monoisotopic (exact) mass is 905 g/mol. The van der Waals surface area contributed by atoms with E-state index in [2.05, 4.69) is 106 Å². The third-order valence-corrected chi connectivity index (χ3v) is 11.4. The number of unbranched alkanes of at least 4 members (excludes halogenated alkanes) is 23. The van der Waals surface area contributed by atoms with Gasteiger partial charge < -0.3 is 14.2 Å². The fraction of sp³-hybridized carbons (Fsp3) is 0.712. The first kappa shape index (κ1) is 61.6. The highest BCUT2D eigenvalue weighted by atomic mass is 16.6. The zero-order chi connectivity index (χ0) is 47.2. The molecule has 1 unspecified atom stereocenters. The summed E-state index contributed by atoms with van der Waals surface area (Å²) < 4.78 is 16.8. The zero-order valence-electron chi connectivity index (χ0n) is 42.5. The first-order valence-electron chi connectivity index (χ1n) is 27.1. The molecule has 0 aliphatic rings. The van der Waals surface area contributed by atoms with Gasteiger partial charge in [0.1, 0.15) is 13.2 Å². The van der Waals surface area contributed by atoms with Gasteiger partial charge in [0.05, 0.1) is 0 Å². The largest absolute Gasteiger partial charge is 0.462 e. The minimum Gasteiger partial charge on any atom is -0.462 e. The molecule has 0 heterocycles. The Hall–Kier alpha value is -3.41. The molecule has 0 N–H and O–H groups in total. The van der Waals surface area contributed by atoms with Gasteiger partial charge in [0, 0.05) is 19.3 Å². The number of esters is 3. The standard InChI is InChI=1S/C59H100O6/c1-4-7-10-13-16-19-22-25-27-28-29-30-32-34-37-40-43-46-49-52-58(61)64-55-56(54-63-57(60)51-48-45-42-39-36-33-24-21-18-15-12-9-6-3)65-59(62)53-50-47-44-41-38-35-31-26-23-20-17-14-11-8-5-2/h7,10,16-17,19-20,25-27,29-31,34,37,56H,4-6,8-9,11-15,18,21-24,28,32-33,35-36,38-55H2,1-3H3/b10-7-,19-16-,20-17-,27-25-,30-29-,31-26-,37-34-. The summed E-state index contributed by atoms with van der Waals surface area (Å²) in [5.74, 6) is -0.936. The van der Waals surface area contributed by atoms with Gasteiger partial charge in [-0.25, -0.2) is 0 Å². The highest BCUT2D eigenvalue weighted by Crippen LogP contribution is 2.15. The molecule has 0 amide bonds. The third kappa shape index (κ3) is 51.4. The van der Waals surface area contributed by atoms with Crippen LogP contribution in [-0.2, 0) is 28.6 Å². The number of ether oxygens (including phenoxy) is 3. The molecule has 0 fully saturated rings. The Morgan fingerprint density at radius 2 is 0.600 bits per heavy atom. The molecule has 0 aromatic carbocycles. The average molecular weight is 905 g/mol. The van der Waals surface area contributed by atoms with Crippen LogP contribution in [0.4, 0.5) is 0 Å². The predicted octanol–water partition coefficient (Wildman–Crippen LogP) is 18.0. The first-order chi connectivity index (χ1) is 32.0. The van der Waals surface area contributed by atoms with Crippen LogP contribution in [0.1, 0.15) is 252 Å². The van der Waals surface area contributed by atoms with Crippen LogP contribution < -0.4 is 0 Å². The summed E-state index contributed by atoms with van der Waals surface area (Å²) in [5.41, 5.74) is 0. The molecule has 6 nitrogen and oxygen atoms in total. The fourth-order valence-electron chi connectivity index (χ4n) is 7.32. The lowest BCUT2D eigenvalue weighted by Crippen LogP contribution is -2.30. The minimum absolute atomic E-state index is 0.0916. The Morgan fingerprint density at radius 3 is 0.985 bits per heavy atom. The molecular weight excluding hydrogens is 805 g/mol. The number of hydrogen-bond acceptors (Lipinski definition) is 6. The molecule has 372 valence electrons. The number of hydrogen-bond donors (Lipinski definition) is 0. The van der Waals surface area contributed by atoms with Crippen LogP contribution in [0.25, 0.3) is 0 Å². The van der Waals surface area contributed by atoms with E-state index >= 15 is 0 Å². The van der Waals surface area contributed by atoms with E-state index in [0.717, 1.165) is 122 Å². The summed E-state index contributed by atoms with van der Waals surface area (Å²) in [6.45, 7) is 6.46. The van der Waals surface area contributed by atoms with Crippen LogP contribution in [0.2, 0.25) is 0 Å². The lowest BCUT2D eigenvalue weighted by atomic mass is 10.0. The molecule has 6 heteroatoms. The molecule has 0 aromatic rings. The molecule has 0 saturated heterocycles. The molecule has 0 saturated carbocycles. The van der Waals surface area contributed by atoms with Crippen molar-refractivity contribution in [1.82, 2.24) is 0 Å². The van der Waals surface area contributed by atoms with Gasteiger partial charge in [-0.3, -0.25) is 14.4 Å². The van der Waals surface area contributed by atoms with E-state index in [1.165, 1.54) is 89.9 Å². The molecule has 65 heavy (non-hydrogen) atoms. The molecular formula is C59H100O6. The van der Waals surface area contributed by atoms with Crippen molar-refractivity contribution in [2.45, 2.75) is 258 Å². The van der Waals surface area contributed by atoms with E-state index in [4.69, 9.17) is 14.2 Å². The quantitative estimate of drug-likeness (QED) is 0.0262. The average Bonchev–Trinajstić information content (AvgIpc) is 3.30. The lowest BCUT2D eigenvalue weighted by molar-refractivity contribution is -0.167. The van der Waals surface area contributed by atoms with Crippen molar-refractivity contribution in [2.24, 2.45) is 0 Å². The second-order valence-electron chi connectivity index (χ2n) is 17.8. The van der Waals surface area contributed by atoms with E-state index in [0.29, 0.717) is 19.3 Å². The topological polar surface area (TPSA) is 78.9 Å². The Morgan fingerprint density at radius 1 is 0.323 bits per heavy atom. The van der Waals surface area contributed by atoms with Crippen LogP contribution in [0.5, 0.6) is 0 Å². The Bertz CT molecular complexity index is 1270. The summed E-state index contributed by atoms with van der Waals surface area (Å²) in [6.07, 6.45) is 68.5. The smallest absolute Gasteiger partial charge is 0.306 e. The van der Waals surface area contributed by atoms with Crippen molar-refractivity contribution < 1.29 is 28.6 Å². The summed E-state index contributed by atoms with van der Waals surface area (Å²) in [5, 5.41) is 0. The summed E-state index contributed by atoms with van der Waals surface area (Å²) in [7, 11) is 0. The van der Waals surface area contributed by atoms with Crippen molar-refractivity contribution in [3.05, 3.63) is 85.1 Å². The Kier molecular flexibility index (Phi) is 50.4. The molecule has 0 bridgehead atoms. The van der Waals surface area contributed by atoms with E-state index in [9.17, 15) is 14.4 Å². The summed E-state index contributed by atoms with van der Waals surface area (Å²) in [4.78, 5) is 38.0.